The fourth-order valence-corrected chi connectivity index (χ4v) is 5.11. The number of carbonyl (C=O) groups excluding carboxylic acids is 1. The number of carboxylic acids is 1. The summed E-state index contributed by atoms with van der Waals surface area (Å²) in [6.07, 6.45) is 5.46. The van der Waals surface area contributed by atoms with Crippen molar-refractivity contribution in [2.75, 3.05) is 23.7 Å². The van der Waals surface area contributed by atoms with Gasteiger partial charge in [0, 0.05) is 30.3 Å². The Balaban J connectivity index is 1.15. The highest BCUT2D eigenvalue weighted by Crippen LogP contribution is 2.31. The van der Waals surface area contributed by atoms with E-state index in [0.717, 1.165) is 60.8 Å². The number of amides is 1. The minimum absolute atomic E-state index is 0.0494. The fraction of sp³-hybridized carbons (Fsp3) is 0.417. The second kappa shape index (κ2) is 11.1. The smallest absolute Gasteiger partial charge is 0.326 e. The number of anilines is 2. The molecule has 3 heterocycles. The first-order valence-corrected chi connectivity index (χ1v) is 12.5. The predicted molar refractivity (Wildman–Crippen MR) is 133 cm³/mol. The molecular weight excluding hydrogens is 437 g/mol. The standard InChI is InChI=1S/C24H30N5O3P/c30-21(10-4-1-7-17-12-11-16-6-5-14-26-22(16)27-17)25-15-13-19(23(31)32)29-24-28-18-8-2-3-9-20(18)33-24/h2-3,8-9,11-12,19,33H,1,4-7,10,13-15H2,(H,25,30)(H,26,27)(H,28,29)(H,31,32). The van der Waals surface area contributed by atoms with Gasteiger partial charge in [0.2, 0.25) is 5.91 Å². The highest BCUT2D eigenvalue weighted by molar-refractivity contribution is 7.40. The van der Waals surface area contributed by atoms with Gasteiger partial charge in [-0.2, -0.15) is 0 Å². The molecule has 0 spiro atoms. The SMILES string of the molecule is O=C(CCCCc1ccc2c(n1)NCCC2)NCCC(Nc1nc2ccccc2[pH]1)C(=O)O. The highest BCUT2D eigenvalue weighted by Gasteiger charge is 2.18. The maximum absolute atomic E-state index is 12.2. The van der Waals surface area contributed by atoms with Gasteiger partial charge in [0.1, 0.15) is 17.4 Å². The molecule has 4 N–H and O–H groups in total. The largest absolute Gasteiger partial charge is 0.480 e. The molecular formula is C24H30N5O3P. The monoisotopic (exact) mass is 467 g/mol. The van der Waals surface area contributed by atoms with Crippen molar-refractivity contribution in [2.24, 2.45) is 0 Å². The van der Waals surface area contributed by atoms with Crippen LogP contribution in [0.5, 0.6) is 0 Å². The number of unbranched alkanes of at least 4 members (excludes halogenated alkanes) is 1. The first-order valence-electron chi connectivity index (χ1n) is 11.5. The summed E-state index contributed by atoms with van der Waals surface area (Å²) in [5.74, 6) is 0.0116. The summed E-state index contributed by atoms with van der Waals surface area (Å²) in [7, 11) is 0.325. The lowest BCUT2D eigenvalue weighted by Gasteiger charge is -2.17. The van der Waals surface area contributed by atoms with Crippen LogP contribution >= 0.6 is 8.19 Å². The number of aromatic nitrogens is 2. The van der Waals surface area contributed by atoms with Crippen molar-refractivity contribution in [3.05, 3.63) is 47.7 Å². The number of pyridine rings is 1. The second-order valence-corrected chi connectivity index (χ2v) is 9.59. The molecule has 33 heavy (non-hydrogen) atoms. The van der Waals surface area contributed by atoms with Gasteiger partial charge in [-0.05, 0) is 62.3 Å². The van der Waals surface area contributed by atoms with Gasteiger partial charge < -0.3 is 21.1 Å². The average molecular weight is 468 g/mol. The van der Waals surface area contributed by atoms with E-state index in [1.54, 1.807) is 0 Å². The summed E-state index contributed by atoms with van der Waals surface area (Å²) < 4.78 is 0. The molecule has 9 heteroatoms. The number of para-hydroxylation sites is 1. The van der Waals surface area contributed by atoms with Gasteiger partial charge in [0.15, 0.2) is 0 Å². The Morgan fingerprint density at radius 1 is 1.15 bits per heavy atom. The lowest BCUT2D eigenvalue weighted by Crippen LogP contribution is -2.34. The van der Waals surface area contributed by atoms with E-state index in [-0.39, 0.29) is 5.91 Å². The number of aryl methyl sites for hydroxylation is 2. The van der Waals surface area contributed by atoms with Crippen molar-refractivity contribution >= 4 is 42.1 Å². The van der Waals surface area contributed by atoms with E-state index in [4.69, 9.17) is 0 Å². The Bertz CT molecular complexity index is 1080. The summed E-state index contributed by atoms with van der Waals surface area (Å²) >= 11 is 0. The number of hydrogen-bond donors (Lipinski definition) is 4. The zero-order valence-electron chi connectivity index (χ0n) is 18.6. The van der Waals surface area contributed by atoms with E-state index in [2.05, 4.69) is 38.1 Å². The molecule has 0 radical (unpaired) electrons. The third-order valence-electron chi connectivity index (χ3n) is 5.79. The van der Waals surface area contributed by atoms with Crippen LogP contribution in [0.1, 0.15) is 43.4 Å². The van der Waals surface area contributed by atoms with Gasteiger partial charge in [-0.25, -0.2) is 14.8 Å². The Kier molecular flexibility index (Phi) is 7.79. The molecule has 2 unspecified atom stereocenters. The van der Waals surface area contributed by atoms with Crippen molar-refractivity contribution in [1.29, 1.82) is 0 Å². The number of hydrogen-bond acceptors (Lipinski definition) is 6. The maximum Gasteiger partial charge on any atom is 0.326 e. The van der Waals surface area contributed by atoms with E-state index < -0.39 is 12.0 Å². The van der Waals surface area contributed by atoms with E-state index in [0.29, 0.717) is 33.1 Å². The molecule has 0 saturated carbocycles. The molecule has 0 fully saturated rings. The van der Waals surface area contributed by atoms with Gasteiger partial charge in [0.25, 0.3) is 0 Å². The van der Waals surface area contributed by atoms with Gasteiger partial charge in [-0.1, -0.05) is 26.4 Å². The van der Waals surface area contributed by atoms with Crippen LogP contribution in [0.2, 0.25) is 0 Å². The fourth-order valence-electron chi connectivity index (χ4n) is 3.99. The summed E-state index contributed by atoms with van der Waals surface area (Å²) in [6, 6.07) is 11.2. The number of carbonyl (C=O) groups is 2. The number of rotatable bonds is 11. The van der Waals surface area contributed by atoms with Crippen molar-refractivity contribution in [3.63, 3.8) is 0 Å². The molecule has 1 aliphatic heterocycles. The van der Waals surface area contributed by atoms with Crippen LogP contribution in [0.4, 0.5) is 11.4 Å². The number of benzene rings is 1. The van der Waals surface area contributed by atoms with Crippen molar-refractivity contribution in [2.45, 2.75) is 51.0 Å². The normalized spacial score (nSPS) is 13.9. The molecule has 174 valence electrons. The van der Waals surface area contributed by atoms with Crippen molar-refractivity contribution < 1.29 is 14.7 Å². The molecule has 0 saturated heterocycles. The molecule has 2 atom stereocenters. The Morgan fingerprint density at radius 2 is 2.03 bits per heavy atom. The minimum atomic E-state index is -0.945. The Hall–Kier alpha value is -3.12. The van der Waals surface area contributed by atoms with Crippen LogP contribution in [-0.2, 0) is 22.4 Å². The molecule has 1 aromatic carbocycles. The predicted octanol–water partition coefficient (Wildman–Crippen LogP) is 3.80. The summed E-state index contributed by atoms with van der Waals surface area (Å²) in [6.45, 7) is 1.29. The zero-order valence-corrected chi connectivity index (χ0v) is 19.6. The van der Waals surface area contributed by atoms with Crippen LogP contribution in [0.25, 0.3) is 10.6 Å². The molecule has 2 aromatic heterocycles. The van der Waals surface area contributed by atoms with Crippen LogP contribution in [0.3, 0.4) is 0 Å². The van der Waals surface area contributed by atoms with Crippen LogP contribution < -0.4 is 16.0 Å². The van der Waals surface area contributed by atoms with E-state index in [1.165, 1.54) is 5.56 Å². The number of nitrogens with one attached hydrogen (secondary N) is 3. The molecule has 3 aromatic rings. The van der Waals surface area contributed by atoms with Gasteiger partial charge >= 0.3 is 5.97 Å². The maximum atomic E-state index is 12.2. The lowest BCUT2D eigenvalue weighted by molar-refractivity contribution is -0.138. The number of carboxylic acid groups (broad SMARTS) is 1. The molecule has 8 nitrogen and oxygen atoms in total. The van der Waals surface area contributed by atoms with Crippen LogP contribution in [0, 0.1) is 0 Å². The Morgan fingerprint density at radius 3 is 2.88 bits per heavy atom. The first kappa shape index (κ1) is 23.1. The summed E-state index contributed by atoms with van der Waals surface area (Å²) in [5, 5.41) is 19.9. The molecule has 0 aliphatic carbocycles. The first-order chi connectivity index (χ1) is 16.1. The average Bonchev–Trinajstić information content (AvgIpc) is 3.23. The number of nitrogens with zero attached hydrogens (tertiary/aromatic N) is 2. The zero-order chi connectivity index (χ0) is 23.0. The lowest BCUT2D eigenvalue weighted by atomic mass is 10.1. The third-order valence-corrected chi connectivity index (χ3v) is 6.98. The quantitative estimate of drug-likeness (QED) is 0.317. The summed E-state index contributed by atoms with van der Waals surface area (Å²) in [4.78, 5) is 33.0. The van der Waals surface area contributed by atoms with E-state index in [9.17, 15) is 14.7 Å². The summed E-state index contributed by atoms with van der Waals surface area (Å²) in [5.41, 5.74) is 3.90. The van der Waals surface area contributed by atoms with Crippen LogP contribution in [0.15, 0.2) is 36.4 Å². The molecule has 1 aliphatic rings. The second-order valence-electron chi connectivity index (χ2n) is 8.32. The molecule has 0 bridgehead atoms. The van der Waals surface area contributed by atoms with Crippen LogP contribution in [-0.4, -0.2) is 46.1 Å². The third kappa shape index (κ3) is 6.45. The molecule has 1 amide bonds. The van der Waals surface area contributed by atoms with Gasteiger partial charge in [0.05, 0.1) is 5.52 Å². The topological polar surface area (TPSA) is 116 Å². The van der Waals surface area contributed by atoms with E-state index in [1.807, 2.05) is 24.3 Å². The molecule has 4 rings (SSSR count). The minimum Gasteiger partial charge on any atom is -0.480 e. The van der Waals surface area contributed by atoms with Gasteiger partial charge in [-0.15, -0.1) is 0 Å². The van der Waals surface area contributed by atoms with Gasteiger partial charge in [-0.3, -0.25) is 4.79 Å². The highest BCUT2D eigenvalue weighted by atomic mass is 31.0. The van der Waals surface area contributed by atoms with Crippen molar-refractivity contribution in [3.8, 4) is 0 Å². The number of fused-ring (bicyclic) bond motifs is 2. The van der Waals surface area contributed by atoms with Crippen molar-refractivity contribution in [1.82, 2.24) is 15.3 Å². The van der Waals surface area contributed by atoms with E-state index >= 15 is 0 Å². The Labute approximate surface area is 194 Å². The number of aliphatic carboxylic acids is 1.